The van der Waals surface area contributed by atoms with Crippen molar-refractivity contribution in [1.82, 2.24) is 0 Å². The van der Waals surface area contributed by atoms with Gasteiger partial charge in [-0.2, -0.15) is 8.42 Å². The van der Waals surface area contributed by atoms with Crippen molar-refractivity contribution in [2.45, 2.75) is 82.5 Å². The van der Waals surface area contributed by atoms with Crippen LogP contribution in [0.25, 0.3) is 0 Å². The van der Waals surface area contributed by atoms with Gasteiger partial charge in [-0.15, -0.1) is 0 Å². The molecule has 0 aromatic heterocycles. The average molecular weight is 385 g/mol. The molecule has 1 saturated heterocycles. The molecule has 1 unspecified atom stereocenters. The van der Waals surface area contributed by atoms with Gasteiger partial charge in [0.1, 0.15) is 0 Å². The molecule has 0 saturated carbocycles. The first-order chi connectivity index (χ1) is 12.4. The molecule has 1 aromatic rings. The summed E-state index contributed by atoms with van der Waals surface area (Å²) in [5.41, 5.74) is 1.04. The van der Waals surface area contributed by atoms with Crippen LogP contribution in [-0.2, 0) is 26.0 Å². The lowest BCUT2D eigenvalue weighted by molar-refractivity contribution is -0.190. The second-order valence-corrected chi connectivity index (χ2v) is 8.72. The maximum Gasteiger partial charge on any atom is 0.294 e. The minimum Gasteiger partial charge on any atom is -0.353 e. The molecule has 1 aliphatic heterocycles. The van der Waals surface area contributed by atoms with E-state index in [2.05, 4.69) is 13.8 Å². The smallest absolute Gasteiger partial charge is 0.294 e. The summed E-state index contributed by atoms with van der Waals surface area (Å²) < 4.78 is 43.3. The van der Waals surface area contributed by atoms with E-state index in [0.717, 1.165) is 57.1 Å². The van der Waals surface area contributed by atoms with Crippen LogP contribution in [0.3, 0.4) is 0 Å². The molecule has 0 spiro atoms. The van der Waals surface area contributed by atoms with Crippen LogP contribution in [0.1, 0.15) is 64.4 Å². The Morgan fingerprint density at radius 2 is 1.92 bits per heavy atom. The van der Waals surface area contributed by atoms with E-state index < -0.39 is 10.1 Å². The number of hydrogen-bond donors (Lipinski definition) is 1. The van der Waals surface area contributed by atoms with Gasteiger partial charge in [0.05, 0.1) is 11.0 Å². The number of rotatable bonds is 10. The maximum absolute atomic E-state index is 11.1. The molecule has 1 aliphatic rings. The minimum absolute atomic E-state index is 0.0681. The van der Waals surface area contributed by atoms with Crippen molar-refractivity contribution in [3.63, 3.8) is 0 Å². The Balaban J connectivity index is 1.91. The molecule has 6 heteroatoms. The van der Waals surface area contributed by atoms with Gasteiger partial charge in [0.25, 0.3) is 10.1 Å². The van der Waals surface area contributed by atoms with Gasteiger partial charge < -0.3 is 9.47 Å². The van der Waals surface area contributed by atoms with Gasteiger partial charge in [-0.1, -0.05) is 32.4 Å². The predicted molar refractivity (Wildman–Crippen MR) is 102 cm³/mol. The van der Waals surface area contributed by atoms with E-state index in [9.17, 15) is 8.42 Å². The zero-order chi connectivity index (χ0) is 19.0. The normalized spacial score (nSPS) is 20.7. The van der Waals surface area contributed by atoms with Crippen LogP contribution < -0.4 is 0 Å². The lowest BCUT2D eigenvalue weighted by Crippen LogP contribution is -2.28. The van der Waals surface area contributed by atoms with Crippen LogP contribution in [0.2, 0.25) is 0 Å². The predicted octanol–water partition coefficient (Wildman–Crippen LogP) is 4.60. The number of hydrogen-bond acceptors (Lipinski definition) is 4. The second-order valence-electron chi connectivity index (χ2n) is 7.30. The summed E-state index contributed by atoms with van der Waals surface area (Å²) >= 11 is 0. The fourth-order valence-corrected chi connectivity index (χ4v) is 3.62. The summed E-state index contributed by atoms with van der Waals surface area (Å²) in [6.45, 7) is 5.25. The molecule has 0 amide bonds. The van der Waals surface area contributed by atoms with Gasteiger partial charge >= 0.3 is 0 Å². The first-order valence-corrected chi connectivity index (χ1v) is 11.2. The molecule has 2 rings (SSSR count). The highest BCUT2D eigenvalue weighted by Crippen LogP contribution is 2.22. The Hall–Kier alpha value is -0.950. The van der Waals surface area contributed by atoms with Gasteiger partial charge in [-0.3, -0.25) is 4.55 Å². The number of aryl methyl sites for hydroxylation is 1. The topological polar surface area (TPSA) is 72.8 Å². The van der Waals surface area contributed by atoms with E-state index in [-0.39, 0.29) is 17.3 Å². The molecule has 148 valence electrons. The molecule has 1 aromatic carbocycles. The molecule has 3 atom stereocenters. The van der Waals surface area contributed by atoms with Crippen LogP contribution >= 0.6 is 0 Å². The number of benzene rings is 1. The summed E-state index contributed by atoms with van der Waals surface area (Å²) in [5, 5.41) is 0. The standard InChI is InChI=1S/C20H32O5S/c1-3-16(2)7-11-18(25-20-6-4-5-15-24-20)12-8-17-9-13-19(14-10-17)26(21,22)23/h9-10,13-14,16,18,20H,3-8,11-12,15H2,1-2H3,(H,21,22,23)/t16-,18+,20?/m0/s1. The van der Waals surface area contributed by atoms with Crippen molar-refractivity contribution < 1.29 is 22.4 Å². The molecular weight excluding hydrogens is 352 g/mol. The van der Waals surface area contributed by atoms with E-state index in [4.69, 9.17) is 14.0 Å². The zero-order valence-corrected chi connectivity index (χ0v) is 16.7. The lowest BCUT2D eigenvalue weighted by atomic mass is 9.97. The molecular formula is C20H32O5S. The van der Waals surface area contributed by atoms with Crippen LogP contribution in [0.5, 0.6) is 0 Å². The molecule has 1 heterocycles. The molecule has 5 nitrogen and oxygen atoms in total. The molecule has 0 aliphatic carbocycles. The SMILES string of the molecule is CC[C@H](C)CC[C@H](CCc1ccc(S(=O)(=O)O)cc1)OC1CCCCO1. The Labute approximate surface area is 157 Å². The van der Waals surface area contributed by atoms with Gasteiger partial charge in [0, 0.05) is 6.61 Å². The molecule has 26 heavy (non-hydrogen) atoms. The fraction of sp³-hybridized carbons (Fsp3) is 0.700. The monoisotopic (exact) mass is 384 g/mol. The third-order valence-electron chi connectivity index (χ3n) is 5.14. The van der Waals surface area contributed by atoms with Crippen molar-refractivity contribution in [2.24, 2.45) is 5.92 Å². The quantitative estimate of drug-likeness (QED) is 0.597. The van der Waals surface area contributed by atoms with E-state index in [1.807, 2.05) is 0 Å². The Morgan fingerprint density at radius 3 is 2.50 bits per heavy atom. The molecule has 1 fully saturated rings. The maximum atomic E-state index is 11.1. The van der Waals surface area contributed by atoms with E-state index in [1.165, 1.54) is 18.6 Å². The summed E-state index contributed by atoms with van der Waals surface area (Å²) in [4.78, 5) is -0.0681. The number of ether oxygens (including phenoxy) is 2. The highest BCUT2D eigenvalue weighted by atomic mass is 32.2. The van der Waals surface area contributed by atoms with Gasteiger partial charge in [-0.25, -0.2) is 0 Å². The third kappa shape index (κ3) is 7.35. The summed E-state index contributed by atoms with van der Waals surface area (Å²) in [7, 11) is -4.13. The summed E-state index contributed by atoms with van der Waals surface area (Å²) in [6.07, 6.45) is 8.28. The Kier molecular flexibility index (Phi) is 8.54. The van der Waals surface area contributed by atoms with Gasteiger partial charge in [0.2, 0.25) is 0 Å². The van der Waals surface area contributed by atoms with E-state index in [0.29, 0.717) is 5.92 Å². The van der Waals surface area contributed by atoms with E-state index >= 15 is 0 Å². The first kappa shape index (κ1) is 21.4. The summed E-state index contributed by atoms with van der Waals surface area (Å²) in [5.74, 6) is 0.683. The van der Waals surface area contributed by atoms with Crippen molar-refractivity contribution in [1.29, 1.82) is 0 Å². The first-order valence-electron chi connectivity index (χ1n) is 9.72. The molecule has 0 bridgehead atoms. The molecule has 0 radical (unpaired) electrons. The van der Waals surface area contributed by atoms with Gasteiger partial charge in [0.15, 0.2) is 6.29 Å². The Morgan fingerprint density at radius 1 is 1.19 bits per heavy atom. The van der Waals surface area contributed by atoms with Crippen molar-refractivity contribution in [2.75, 3.05) is 6.61 Å². The van der Waals surface area contributed by atoms with Crippen molar-refractivity contribution >= 4 is 10.1 Å². The van der Waals surface area contributed by atoms with Crippen LogP contribution in [0.15, 0.2) is 29.2 Å². The minimum atomic E-state index is -4.13. The summed E-state index contributed by atoms with van der Waals surface area (Å²) in [6, 6.07) is 6.41. The van der Waals surface area contributed by atoms with E-state index in [1.54, 1.807) is 12.1 Å². The Bertz CT molecular complexity index is 620. The zero-order valence-electron chi connectivity index (χ0n) is 15.9. The van der Waals surface area contributed by atoms with Crippen molar-refractivity contribution in [3.8, 4) is 0 Å². The van der Waals surface area contributed by atoms with Crippen LogP contribution in [0, 0.1) is 5.92 Å². The molecule has 1 N–H and O–H groups in total. The lowest BCUT2D eigenvalue weighted by Gasteiger charge is -2.28. The van der Waals surface area contributed by atoms with Crippen LogP contribution in [0.4, 0.5) is 0 Å². The highest BCUT2D eigenvalue weighted by Gasteiger charge is 2.20. The van der Waals surface area contributed by atoms with Gasteiger partial charge in [-0.05, 0) is 68.6 Å². The second kappa shape index (κ2) is 10.4. The van der Waals surface area contributed by atoms with Crippen LogP contribution in [-0.4, -0.2) is 32.0 Å². The largest absolute Gasteiger partial charge is 0.353 e. The fourth-order valence-electron chi connectivity index (χ4n) is 3.14. The highest BCUT2D eigenvalue weighted by molar-refractivity contribution is 7.85. The van der Waals surface area contributed by atoms with Crippen molar-refractivity contribution in [3.05, 3.63) is 29.8 Å². The average Bonchev–Trinajstić information content (AvgIpc) is 2.64. The third-order valence-corrected chi connectivity index (χ3v) is 6.00.